The van der Waals surface area contributed by atoms with Gasteiger partial charge in [0.2, 0.25) is 0 Å². The summed E-state index contributed by atoms with van der Waals surface area (Å²) in [7, 11) is 0. The molecule has 0 heterocycles. The van der Waals surface area contributed by atoms with Crippen molar-refractivity contribution in [3.8, 4) is 0 Å². The van der Waals surface area contributed by atoms with E-state index in [1.165, 1.54) is 16.7 Å². The molecule has 0 saturated heterocycles. The molecule has 0 spiro atoms. The van der Waals surface area contributed by atoms with Crippen molar-refractivity contribution in [2.75, 3.05) is 0 Å². The van der Waals surface area contributed by atoms with Crippen molar-refractivity contribution >= 4 is 11.3 Å². The first-order chi connectivity index (χ1) is 7.01. The first-order valence-electron chi connectivity index (χ1n) is 4.93. The summed E-state index contributed by atoms with van der Waals surface area (Å²) in [4.78, 5) is 0. The molecule has 3 nitrogen and oxygen atoms in total. The molecule has 4 heteroatoms. The lowest BCUT2D eigenvalue weighted by Gasteiger charge is -2.05. The first kappa shape index (κ1) is 14.3. The van der Waals surface area contributed by atoms with E-state index in [1.807, 2.05) is 0 Å². The molecule has 0 aliphatic carbocycles. The maximum atomic E-state index is 8.78. The van der Waals surface area contributed by atoms with Crippen molar-refractivity contribution in [3.05, 3.63) is 34.9 Å². The Hall–Kier alpha value is -0.710. The summed E-state index contributed by atoms with van der Waals surface area (Å²) in [5.74, 6) is 0. The summed E-state index contributed by atoms with van der Waals surface area (Å²) < 4.78 is 17.6. The van der Waals surface area contributed by atoms with Crippen LogP contribution in [0.15, 0.2) is 18.2 Å². The highest BCUT2D eigenvalue weighted by molar-refractivity contribution is 7.76. The van der Waals surface area contributed by atoms with E-state index in [-0.39, 0.29) is 0 Å². The van der Waals surface area contributed by atoms with E-state index in [0.717, 1.165) is 12.8 Å². The third-order valence-electron chi connectivity index (χ3n) is 2.12. The van der Waals surface area contributed by atoms with Crippen LogP contribution in [0.1, 0.15) is 30.5 Å². The molecule has 0 bridgehead atoms. The van der Waals surface area contributed by atoms with Crippen LogP contribution in [0.25, 0.3) is 0 Å². The molecule has 86 valence electrons. The average molecular weight is 228 g/mol. The van der Waals surface area contributed by atoms with Gasteiger partial charge in [-0.3, -0.25) is 9.35 Å². The van der Waals surface area contributed by atoms with Crippen LogP contribution in [-0.4, -0.2) is 8.76 Å². The Morgan fingerprint density at radius 3 is 2.13 bits per heavy atom. The zero-order valence-corrected chi connectivity index (χ0v) is 10.3. The molecule has 1 unspecified atom stereocenters. The van der Waals surface area contributed by atoms with Crippen LogP contribution in [0.2, 0.25) is 0 Å². The van der Waals surface area contributed by atoms with Crippen molar-refractivity contribution in [1.29, 1.82) is 0 Å². The Morgan fingerprint density at radius 2 is 1.73 bits per heavy atom. The maximum absolute atomic E-state index is 8.78. The van der Waals surface area contributed by atoms with Gasteiger partial charge in [0.15, 0.2) is 0 Å². The molecule has 0 saturated carbocycles. The van der Waals surface area contributed by atoms with Gasteiger partial charge in [0.05, 0.1) is 0 Å². The van der Waals surface area contributed by atoms with E-state index in [9.17, 15) is 0 Å². The fourth-order valence-electron chi connectivity index (χ4n) is 1.43. The van der Waals surface area contributed by atoms with Crippen molar-refractivity contribution in [1.82, 2.24) is 0 Å². The van der Waals surface area contributed by atoms with Crippen LogP contribution in [0.3, 0.4) is 0 Å². The molecule has 0 aromatic heterocycles. The van der Waals surface area contributed by atoms with Crippen LogP contribution in [0, 0.1) is 6.92 Å². The summed E-state index contributed by atoms with van der Waals surface area (Å²) >= 11 is -2.36. The molecule has 0 fully saturated rings. The quantitative estimate of drug-likeness (QED) is 0.785. The van der Waals surface area contributed by atoms with Gasteiger partial charge in [-0.15, -0.1) is 0 Å². The summed E-state index contributed by atoms with van der Waals surface area (Å²) in [5.41, 5.74) is 4.38. The highest BCUT2D eigenvalue weighted by Crippen LogP contribution is 2.12. The Kier molecular flexibility index (Phi) is 7.21. The third-order valence-corrected chi connectivity index (χ3v) is 2.12. The van der Waals surface area contributed by atoms with E-state index in [0.29, 0.717) is 0 Å². The fourth-order valence-corrected chi connectivity index (χ4v) is 1.43. The number of benzene rings is 1. The molecule has 1 atom stereocenters. The van der Waals surface area contributed by atoms with Gasteiger partial charge in [-0.2, -0.15) is 0 Å². The van der Waals surface area contributed by atoms with Crippen molar-refractivity contribution in [3.63, 3.8) is 0 Å². The van der Waals surface area contributed by atoms with E-state index in [4.69, 9.17) is 8.76 Å². The van der Waals surface area contributed by atoms with E-state index < -0.39 is 11.3 Å². The van der Waals surface area contributed by atoms with Gasteiger partial charge >= 0.3 is 0 Å². The largest absolute Gasteiger partial charge is 0.760 e. The van der Waals surface area contributed by atoms with Gasteiger partial charge in [-0.05, 0) is 30.9 Å². The minimum atomic E-state index is -2.36. The predicted octanol–water partition coefficient (Wildman–Crippen LogP) is 1.86. The fraction of sp³-hybridized carbons (Fsp3) is 0.455. The predicted molar refractivity (Wildman–Crippen MR) is 63.0 cm³/mol. The molecular formula is C11H18NO2S-. The first-order valence-corrected chi connectivity index (χ1v) is 6.07. The van der Waals surface area contributed by atoms with Crippen LogP contribution in [-0.2, 0) is 24.1 Å². The molecule has 1 aromatic carbocycles. The number of nitrogens with two attached hydrogens (primary N) is 1. The maximum Gasteiger partial charge on any atom is 0.0152 e. The summed E-state index contributed by atoms with van der Waals surface area (Å²) in [6, 6.07) is 6.73. The third kappa shape index (κ3) is 6.38. The van der Waals surface area contributed by atoms with E-state index in [2.05, 4.69) is 44.1 Å². The zero-order valence-electron chi connectivity index (χ0n) is 9.45. The lowest BCUT2D eigenvalue weighted by atomic mass is 10.0. The minimum absolute atomic E-state index is 1.16. The molecule has 15 heavy (non-hydrogen) atoms. The average Bonchev–Trinajstić information content (AvgIpc) is 2.16. The van der Waals surface area contributed by atoms with E-state index >= 15 is 0 Å². The Morgan fingerprint density at radius 1 is 1.27 bits per heavy atom. The number of rotatable bonds is 2. The van der Waals surface area contributed by atoms with Crippen LogP contribution in [0.4, 0.5) is 0 Å². The van der Waals surface area contributed by atoms with Gasteiger partial charge in [0.25, 0.3) is 0 Å². The normalized spacial score (nSPS) is 11.5. The van der Waals surface area contributed by atoms with Crippen molar-refractivity contribution in [2.45, 2.75) is 33.6 Å². The summed E-state index contributed by atoms with van der Waals surface area (Å²) in [5, 5.41) is 4.03. The lowest BCUT2D eigenvalue weighted by molar-refractivity contribution is 0.539. The minimum Gasteiger partial charge on any atom is -0.760 e. The smallest absolute Gasteiger partial charge is 0.0152 e. The second kappa shape index (κ2) is 7.56. The van der Waals surface area contributed by atoms with Gasteiger partial charge < -0.3 is 4.55 Å². The van der Waals surface area contributed by atoms with Crippen LogP contribution < -0.4 is 5.14 Å². The molecule has 1 aromatic rings. The highest BCUT2D eigenvalue weighted by Gasteiger charge is 1.96. The summed E-state index contributed by atoms with van der Waals surface area (Å²) in [6.45, 7) is 6.58. The number of hydrogen-bond donors (Lipinski definition) is 1. The molecule has 1 rings (SSSR count). The zero-order chi connectivity index (χ0) is 11.8. The van der Waals surface area contributed by atoms with Gasteiger partial charge in [0, 0.05) is 11.3 Å². The number of aryl methyl sites for hydroxylation is 3. The van der Waals surface area contributed by atoms with Crippen molar-refractivity contribution in [2.24, 2.45) is 5.14 Å². The standard InChI is InChI=1S/C11H16.H3NO2S/c1-4-10-7-6-9(3)8-11(10)5-2;1-4(2)3/h6-8H,4-5H2,1-3H3;1H2,(H,2,3)/p-1. The van der Waals surface area contributed by atoms with E-state index in [1.54, 1.807) is 0 Å². The van der Waals surface area contributed by atoms with Crippen LogP contribution >= 0.6 is 0 Å². The van der Waals surface area contributed by atoms with Crippen LogP contribution in [0.5, 0.6) is 0 Å². The molecule has 2 N–H and O–H groups in total. The topological polar surface area (TPSA) is 66.2 Å². The molecule has 0 aliphatic heterocycles. The number of hydrogen-bond acceptors (Lipinski definition) is 2. The molecular weight excluding hydrogens is 210 g/mol. The molecule has 0 amide bonds. The Balaban J connectivity index is 0.000000423. The summed E-state index contributed by atoms with van der Waals surface area (Å²) in [6.07, 6.45) is 2.31. The lowest BCUT2D eigenvalue weighted by Crippen LogP contribution is -1.97. The monoisotopic (exact) mass is 228 g/mol. The molecule has 0 radical (unpaired) electrons. The second-order valence-corrected chi connectivity index (χ2v) is 3.76. The van der Waals surface area contributed by atoms with Gasteiger partial charge in [-0.25, -0.2) is 0 Å². The Labute approximate surface area is 94.1 Å². The highest BCUT2D eigenvalue weighted by atomic mass is 32.2. The van der Waals surface area contributed by atoms with Gasteiger partial charge in [-0.1, -0.05) is 37.6 Å². The Bertz CT molecular complexity index is 322. The molecule has 0 aliphatic rings. The van der Waals surface area contributed by atoms with Crippen molar-refractivity contribution < 1.29 is 8.76 Å². The van der Waals surface area contributed by atoms with Gasteiger partial charge in [0.1, 0.15) is 0 Å². The second-order valence-electron chi connectivity index (χ2n) is 3.24. The SMILES string of the molecule is CCc1ccc(C)cc1CC.NS(=O)[O-].